The van der Waals surface area contributed by atoms with E-state index in [1.165, 1.54) is 4.90 Å². The standard InChI is InChI=1S/C21H19N5O3.C13H17N5O/c27-16(13-8-9-13)12-17-23-19-7-3-6-18(26(19)24-17)22-10-11-25-20(28)14-4-1-2-5-15(14)21(25)29;14-6-7-15-12-2-1-3-13-16-11(17-18(12)13)8-10(19)9-4-5-9/h1-7,13,22H,8-12H2;1-3,9,15H,4-8,14H2. The first-order valence-corrected chi connectivity index (χ1v) is 16.3. The van der Waals surface area contributed by atoms with Crippen molar-refractivity contribution in [1.29, 1.82) is 0 Å². The van der Waals surface area contributed by atoms with E-state index in [0.717, 1.165) is 37.1 Å². The minimum absolute atomic E-state index is 0.180. The van der Waals surface area contributed by atoms with Crippen molar-refractivity contribution in [2.24, 2.45) is 17.6 Å². The Morgan fingerprint density at radius 1 is 0.688 bits per heavy atom. The van der Waals surface area contributed by atoms with E-state index in [-0.39, 0.29) is 48.2 Å². The number of hydrogen-bond donors (Lipinski definition) is 3. The van der Waals surface area contributed by atoms with Crippen LogP contribution in [-0.4, -0.2) is 83.7 Å². The number of nitrogens with zero attached hydrogens (tertiary/aromatic N) is 7. The first-order valence-electron chi connectivity index (χ1n) is 16.3. The number of aromatic nitrogens is 6. The van der Waals surface area contributed by atoms with Gasteiger partial charge < -0.3 is 16.4 Å². The fourth-order valence-corrected chi connectivity index (χ4v) is 5.67. The molecule has 2 amide bonds. The molecule has 246 valence electrons. The summed E-state index contributed by atoms with van der Waals surface area (Å²) in [5.74, 6) is 2.99. The van der Waals surface area contributed by atoms with Gasteiger partial charge in [-0.15, -0.1) is 10.2 Å². The first-order chi connectivity index (χ1) is 23.4. The Hall–Kier alpha value is -5.50. The number of nitrogens with two attached hydrogens (primary N) is 1. The van der Waals surface area contributed by atoms with Crippen LogP contribution in [0.5, 0.6) is 0 Å². The van der Waals surface area contributed by atoms with Crippen molar-refractivity contribution in [3.63, 3.8) is 0 Å². The van der Waals surface area contributed by atoms with E-state index in [9.17, 15) is 19.2 Å². The third-order valence-corrected chi connectivity index (χ3v) is 8.51. The average molecular weight is 649 g/mol. The van der Waals surface area contributed by atoms with Crippen LogP contribution in [0.1, 0.15) is 58.0 Å². The number of benzene rings is 1. The fraction of sp³-hybridized carbons (Fsp3) is 0.353. The number of Topliss-reactive ketones (excluding diaryl/α,β-unsaturated/α-hetero) is 2. The summed E-state index contributed by atoms with van der Waals surface area (Å²) >= 11 is 0. The van der Waals surface area contributed by atoms with Crippen LogP contribution in [0, 0.1) is 11.8 Å². The summed E-state index contributed by atoms with van der Waals surface area (Å²) < 4.78 is 3.38. The number of rotatable bonds is 13. The Labute approximate surface area is 275 Å². The molecule has 2 saturated carbocycles. The average Bonchev–Trinajstić information content (AvgIpc) is 4.02. The molecule has 5 heterocycles. The second-order valence-corrected chi connectivity index (χ2v) is 12.2. The molecule has 1 aromatic carbocycles. The number of carbonyl (C=O) groups is 4. The van der Waals surface area contributed by atoms with Gasteiger partial charge in [0.05, 0.1) is 24.0 Å². The van der Waals surface area contributed by atoms with Crippen LogP contribution in [-0.2, 0) is 22.4 Å². The summed E-state index contributed by atoms with van der Waals surface area (Å²) in [4.78, 5) is 58.8. The molecule has 0 atom stereocenters. The molecular formula is C34H36N10O4. The summed E-state index contributed by atoms with van der Waals surface area (Å²) in [7, 11) is 0. The zero-order chi connectivity index (χ0) is 33.2. The number of ketones is 2. The van der Waals surface area contributed by atoms with Crippen LogP contribution in [0.4, 0.5) is 11.6 Å². The summed E-state index contributed by atoms with van der Waals surface area (Å²) in [6, 6.07) is 18.1. The van der Waals surface area contributed by atoms with Crippen molar-refractivity contribution in [3.8, 4) is 0 Å². The molecule has 14 heteroatoms. The third-order valence-electron chi connectivity index (χ3n) is 8.51. The maximum absolute atomic E-state index is 12.4. The van der Waals surface area contributed by atoms with E-state index >= 15 is 0 Å². The van der Waals surface area contributed by atoms with E-state index in [1.54, 1.807) is 33.3 Å². The predicted molar refractivity (Wildman–Crippen MR) is 177 cm³/mol. The maximum Gasteiger partial charge on any atom is 0.261 e. The maximum atomic E-state index is 12.4. The van der Waals surface area contributed by atoms with Gasteiger partial charge in [-0.05, 0) is 62.1 Å². The van der Waals surface area contributed by atoms with E-state index < -0.39 is 0 Å². The minimum Gasteiger partial charge on any atom is -0.369 e. The zero-order valence-corrected chi connectivity index (χ0v) is 26.3. The van der Waals surface area contributed by atoms with Crippen LogP contribution in [0.3, 0.4) is 0 Å². The quantitative estimate of drug-likeness (QED) is 0.160. The molecule has 8 rings (SSSR count). The highest BCUT2D eigenvalue weighted by atomic mass is 16.2. The van der Waals surface area contributed by atoms with Gasteiger partial charge in [0.25, 0.3) is 11.8 Å². The molecule has 1 aliphatic heterocycles. The van der Waals surface area contributed by atoms with Gasteiger partial charge in [-0.25, -0.2) is 9.97 Å². The number of pyridine rings is 2. The molecule has 4 aromatic heterocycles. The predicted octanol–water partition coefficient (Wildman–Crippen LogP) is 2.58. The van der Waals surface area contributed by atoms with Gasteiger partial charge in [0, 0.05) is 38.0 Å². The molecule has 48 heavy (non-hydrogen) atoms. The summed E-state index contributed by atoms with van der Waals surface area (Å²) in [6.45, 7) is 1.85. The van der Waals surface area contributed by atoms with Crippen LogP contribution in [0.25, 0.3) is 11.3 Å². The van der Waals surface area contributed by atoms with Crippen molar-refractivity contribution in [2.75, 3.05) is 36.8 Å². The minimum atomic E-state index is -0.271. The number of imide groups is 1. The summed E-state index contributed by atoms with van der Waals surface area (Å²) in [6.07, 6.45) is 4.57. The molecular weight excluding hydrogens is 612 g/mol. The van der Waals surface area contributed by atoms with Gasteiger partial charge in [-0.1, -0.05) is 24.3 Å². The first kappa shape index (κ1) is 31.1. The topological polar surface area (TPSA) is 182 Å². The van der Waals surface area contributed by atoms with Crippen molar-refractivity contribution < 1.29 is 19.2 Å². The van der Waals surface area contributed by atoms with Crippen molar-refractivity contribution in [2.45, 2.75) is 38.5 Å². The monoisotopic (exact) mass is 648 g/mol. The lowest BCUT2D eigenvalue weighted by atomic mass is 10.1. The largest absolute Gasteiger partial charge is 0.369 e. The Bertz CT molecular complexity index is 1990. The normalized spacial score (nSPS) is 15.4. The molecule has 0 bridgehead atoms. The SMILES string of the molecule is NCCNc1cccc2nc(CC(=O)C3CC3)nn12.O=C(Cc1nc2cccc(NCCN3C(=O)c4ccccc4C3=O)n2n1)C1CC1. The Morgan fingerprint density at radius 2 is 1.17 bits per heavy atom. The molecule has 2 fully saturated rings. The molecule has 0 saturated heterocycles. The molecule has 0 unspecified atom stereocenters. The lowest BCUT2D eigenvalue weighted by molar-refractivity contribution is -0.120. The van der Waals surface area contributed by atoms with E-state index in [2.05, 4.69) is 30.8 Å². The molecule has 4 N–H and O–H groups in total. The van der Waals surface area contributed by atoms with Crippen molar-refractivity contribution in [1.82, 2.24) is 34.1 Å². The highest BCUT2D eigenvalue weighted by Gasteiger charge is 2.35. The second-order valence-electron chi connectivity index (χ2n) is 12.2. The number of hydrogen-bond acceptors (Lipinski definition) is 11. The van der Waals surface area contributed by atoms with Gasteiger partial charge in [0.1, 0.15) is 23.2 Å². The Kier molecular flexibility index (Phi) is 8.63. The molecule has 2 aliphatic carbocycles. The second kappa shape index (κ2) is 13.3. The number of fused-ring (bicyclic) bond motifs is 3. The summed E-state index contributed by atoms with van der Waals surface area (Å²) in [5, 5.41) is 15.3. The lowest BCUT2D eigenvalue weighted by Gasteiger charge is -2.15. The van der Waals surface area contributed by atoms with Gasteiger partial charge in [0.2, 0.25) is 0 Å². The smallest absolute Gasteiger partial charge is 0.261 e. The molecule has 0 radical (unpaired) electrons. The van der Waals surface area contributed by atoms with E-state index in [4.69, 9.17) is 5.73 Å². The van der Waals surface area contributed by atoms with Gasteiger partial charge in [-0.3, -0.25) is 24.1 Å². The third kappa shape index (κ3) is 6.65. The Balaban J connectivity index is 0.000000166. The van der Waals surface area contributed by atoms with Crippen LogP contribution in [0.15, 0.2) is 60.7 Å². The molecule has 5 aromatic rings. The highest BCUT2D eigenvalue weighted by Crippen LogP contribution is 2.31. The Morgan fingerprint density at radius 3 is 1.62 bits per heavy atom. The van der Waals surface area contributed by atoms with Crippen LogP contribution >= 0.6 is 0 Å². The lowest BCUT2D eigenvalue weighted by Crippen LogP contribution is -2.34. The molecule has 3 aliphatic rings. The molecule has 0 spiro atoms. The van der Waals surface area contributed by atoms with E-state index in [0.29, 0.717) is 60.3 Å². The number of amides is 2. The summed E-state index contributed by atoms with van der Waals surface area (Å²) in [5.41, 5.74) is 7.77. The zero-order valence-electron chi connectivity index (χ0n) is 26.3. The van der Waals surface area contributed by atoms with Crippen LogP contribution in [0.2, 0.25) is 0 Å². The van der Waals surface area contributed by atoms with Gasteiger partial charge in [0.15, 0.2) is 22.9 Å². The molecule has 14 nitrogen and oxygen atoms in total. The number of nitrogens with one attached hydrogen (secondary N) is 2. The van der Waals surface area contributed by atoms with Crippen molar-refractivity contribution >= 4 is 46.3 Å². The highest BCUT2D eigenvalue weighted by molar-refractivity contribution is 6.21. The van der Waals surface area contributed by atoms with Crippen LogP contribution < -0.4 is 16.4 Å². The van der Waals surface area contributed by atoms with Gasteiger partial charge >= 0.3 is 0 Å². The van der Waals surface area contributed by atoms with E-state index in [1.807, 2.05) is 36.4 Å². The van der Waals surface area contributed by atoms with Gasteiger partial charge in [-0.2, -0.15) is 9.03 Å². The number of anilines is 2. The number of carbonyl (C=O) groups excluding carboxylic acids is 4. The van der Waals surface area contributed by atoms with Crippen molar-refractivity contribution in [3.05, 3.63) is 83.4 Å². The fourth-order valence-electron chi connectivity index (χ4n) is 5.67.